The Bertz CT molecular complexity index is 101. The third kappa shape index (κ3) is 7.06. The molecule has 0 spiro atoms. The van der Waals surface area contributed by atoms with Crippen molar-refractivity contribution in [1.82, 2.24) is 5.43 Å². The first-order valence-electron chi connectivity index (χ1n) is 2.49. The van der Waals surface area contributed by atoms with E-state index in [-0.39, 0.29) is 5.17 Å². The standard InChI is InChI=1S/C4H10N4O/c1-5-6-3-4-7-8(2)9/h4,6,8H,1,3H2,2H3/b7-4+. The van der Waals surface area contributed by atoms with Gasteiger partial charge in [-0.1, -0.05) is 5.10 Å². The number of hydroxylamine groups is 1. The highest BCUT2D eigenvalue weighted by atomic mass is 16.5. The molecular formula is C4H10N4O. The van der Waals surface area contributed by atoms with Crippen molar-refractivity contribution in [3.05, 3.63) is 5.21 Å². The number of nitrogens with one attached hydrogen (secondary N) is 2. The van der Waals surface area contributed by atoms with E-state index in [4.69, 9.17) is 0 Å². The number of rotatable bonds is 4. The maximum atomic E-state index is 10.1. The largest absolute Gasteiger partial charge is 0.606 e. The summed E-state index contributed by atoms with van der Waals surface area (Å²) >= 11 is 0. The van der Waals surface area contributed by atoms with Crippen LogP contribution in [0.5, 0.6) is 0 Å². The average Bonchev–Trinajstić information content (AvgIpc) is 1.80. The van der Waals surface area contributed by atoms with Crippen molar-refractivity contribution in [3.63, 3.8) is 0 Å². The molecule has 9 heavy (non-hydrogen) atoms. The van der Waals surface area contributed by atoms with Crippen LogP contribution in [0.2, 0.25) is 0 Å². The first kappa shape index (κ1) is 8.06. The summed E-state index contributed by atoms with van der Waals surface area (Å²) in [7, 11) is 1.39. The summed E-state index contributed by atoms with van der Waals surface area (Å²) in [4.78, 5) is 0. The second-order valence-electron chi connectivity index (χ2n) is 1.35. The van der Waals surface area contributed by atoms with Crippen molar-refractivity contribution in [2.75, 3.05) is 13.6 Å². The van der Waals surface area contributed by atoms with Crippen molar-refractivity contribution in [1.29, 1.82) is 0 Å². The molecule has 0 aliphatic carbocycles. The highest BCUT2D eigenvalue weighted by Gasteiger charge is 1.75. The summed E-state index contributed by atoms with van der Waals surface area (Å²) in [6, 6.07) is 0. The molecule has 0 rings (SSSR count). The first-order valence-corrected chi connectivity index (χ1v) is 2.49. The maximum Gasteiger partial charge on any atom is 0.0906 e. The van der Waals surface area contributed by atoms with Gasteiger partial charge in [-0.05, 0) is 0 Å². The van der Waals surface area contributed by atoms with Crippen LogP contribution >= 0.6 is 0 Å². The summed E-state index contributed by atoms with van der Waals surface area (Å²) in [5.74, 6) is 0. The van der Waals surface area contributed by atoms with Gasteiger partial charge >= 0.3 is 0 Å². The van der Waals surface area contributed by atoms with Crippen molar-refractivity contribution >= 4 is 12.9 Å². The molecule has 52 valence electrons. The normalized spacial score (nSPS) is 13.6. The van der Waals surface area contributed by atoms with Crippen molar-refractivity contribution in [2.24, 2.45) is 10.2 Å². The quantitative estimate of drug-likeness (QED) is 0.267. The molecule has 1 unspecified atom stereocenters. The zero-order valence-electron chi connectivity index (χ0n) is 5.29. The number of hydrogen-bond acceptors (Lipinski definition) is 4. The van der Waals surface area contributed by atoms with Gasteiger partial charge in [-0.2, -0.15) is 5.10 Å². The SMILES string of the molecule is C=NNC/C=N/[NH+](C)[O-]. The van der Waals surface area contributed by atoms with Crippen LogP contribution in [0, 0.1) is 5.21 Å². The average molecular weight is 130 g/mol. The minimum atomic E-state index is -0.208. The predicted molar refractivity (Wildman–Crippen MR) is 36.3 cm³/mol. The molecular weight excluding hydrogens is 120 g/mol. The van der Waals surface area contributed by atoms with Crippen LogP contribution in [0.3, 0.4) is 0 Å². The minimum Gasteiger partial charge on any atom is -0.606 e. The van der Waals surface area contributed by atoms with Crippen molar-refractivity contribution < 1.29 is 5.17 Å². The van der Waals surface area contributed by atoms with Crippen LogP contribution in [0.25, 0.3) is 0 Å². The number of hydrogen-bond donors (Lipinski definition) is 2. The topological polar surface area (TPSA) is 64.2 Å². The molecule has 0 radical (unpaired) electrons. The Morgan fingerprint density at radius 3 is 3.00 bits per heavy atom. The first-order chi connectivity index (χ1) is 4.27. The summed E-state index contributed by atoms with van der Waals surface area (Å²) in [6.07, 6.45) is 1.44. The predicted octanol–water partition coefficient (Wildman–Crippen LogP) is -1.81. The smallest absolute Gasteiger partial charge is 0.0906 e. The molecule has 0 aromatic carbocycles. The Kier molecular flexibility index (Phi) is 4.66. The minimum absolute atomic E-state index is 0.208. The monoisotopic (exact) mass is 130 g/mol. The Labute approximate surface area is 53.6 Å². The van der Waals surface area contributed by atoms with Gasteiger partial charge in [0.2, 0.25) is 0 Å². The third-order valence-electron chi connectivity index (χ3n) is 0.567. The lowest BCUT2D eigenvalue weighted by atomic mass is 10.7. The fraction of sp³-hybridized carbons (Fsp3) is 0.500. The molecule has 0 bridgehead atoms. The third-order valence-corrected chi connectivity index (χ3v) is 0.567. The van der Waals surface area contributed by atoms with E-state index in [2.05, 4.69) is 22.3 Å². The van der Waals surface area contributed by atoms with Crippen LogP contribution in [0.15, 0.2) is 10.2 Å². The van der Waals surface area contributed by atoms with Gasteiger partial charge in [0.25, 0.3) is 0 Å². The summed E-state index contributed by atoms with van der Waals surface area (Å²) < 4.78 is 0. The van der Waals surface area contributed by atoms with E-state index in [9.17, 15) is 5.21 Å². The molecule has 0 aliphatic heterocycles. The molecule has 0 aromatic heterocycles. The highest BCUT2D eigenvalue weighted by molar-refractivity contribution is 5.58. The number of hydrazone groups is 1. The summed E-state index contributed by atoms with van der Waals surface area (Å²) in [5.41, 5.74) is 2.52. The van der Waals surface area contributed by atoms with E-state index in [0.717, 1.165) is 0 Å². The second-order valence-corrected chi connectivity index (χ2v) is 1.35. The molecule has 1 atom stereocenters. The van der Waals surface area contributed by atoms with E-state index < -0.39 is 0 Å². The van der Waals surface area contributed by atoms with E-state index in [1.807, 2.05) is 0 Å². The zero-order valence-corrected chi connectivity index (χ0v) is 5.29. The highest BCUT2D eigenvalue weighted by Crippen LogP contribution is 1.49. The van der Waals surface area contributed by atoms with Gasteiger partial charge in [-0.25, -0.2) is 5.17 Å². The molecule has 5 heteroatoms. The Hall–Kier alpha value is -0.940. The van der Waals surface area contributed by atoms with Crippen LogP contribution in [0.1, 0.15) is 0 Å². The Balaban J connectivity index is 3.14. The van der Waals surface area contributed by atoms with Crippen LogP contribution in [-0.2, 0) is 0 Å². The van der Waals surface area contributed by atoms with Gasteiger partial charge in [0.15, 0.2) is 0 Å². The fourth-order valence-corrected chi connectivity index (χ4v) is 0.280. The van der Waals surface area contributed by atoms with E-state index >= 15 is 0 Å². The Morgan fingerprint density at radius 2 is 2.56 bits per heavy atom. The zero-order chi connectivity index (χ0) is 7.11. The molecule has 0 fully saturated rings. The number of quaternary nitrogens is 1. The molecule has 0 saturated heterocycles. The van der Waals surface area contributed by atoms with Gasteiger partial charge in [-0.3, -0.25) is 0 Å². The lowest BCUT2D eigenvalue weighted by Gasteiger charge is -2.05. The molecule has 5 nitrogen and oxygen atoms in total. The van der Waals surface area contributed by atoms with E-state index in [0.29, 0.717) is 6.54 Å². The molecule has 0 aromatic rings. The number of nitrogens with zero attached hydrogens (tertiary/aromatic N) is 2. The van der Waals surface area contributed by atoms with Crippen molar-refractivity contribution in [3.8, 4) is 0 Å². The maximum absolute atomic E-state index is 10.1. The van der Waals surface area contributed by atoms with Crippen LogP contribution < -0.4 is 10.6 Å². The van der Waals surface area contributed by atoms with E-state index in [1.165, 1.54) is 13.3 Å². The fourth-order valence-electron chi connectivity index (χ4n) is 0.280. The molecule has 0 heterocycles. The lowest BCUT2D eigenvalue weighted by molar-refractivity contribution is -0.832. The van der Waals surface area contributed by atoms with Gasteiger partial charge < -0.3 is 10.6 Å². The van der Waals surface area contributed by atoms with Gasteiger partial charge in [0.05, 0.1) is 19.8 Å². The molecule has 2 N–H and O–H groups in total. The van der Waals surface area contributed by atoms with Crippen LogP contribution in [-0.4, -0.2) is 26.5 Å². The van der Waals surface area contributed by atoms with Gasteiger partial charge in [0, 0.05) is 6.72 Å². The van der Waals surface area contributed by atoms with Gasteiger partial charge in [-0.15, -0.1) is 0 Å². The Morgan fingerprint density at radius 1 is 1.89 bits per heavy atom. The molecule has 0 saturated carbocycles. The molecule has 0 aliphatic rings. The van der Waals surface area contributed by atoms with E-state index in [1.54, 1.807) is 0 Å². The second kappa shape index (κ2) is 5.20. The molecule has 0 amide bonds. The lowest BCUT2D eigenvalue weighted by Crippen LogP contribution is -2.98. The van der Waals surface area contributed by atoms with Crippen molar-refractivity contribution in [2.45, 2.75) is 0 Å². The van der Waals surface area contributed by atoms with Crippen LogP contribution in [0.4, 0.5) is 0 Å². The summed E-state index contributed by atoms with van der Waals surface area (Å²) in [5, 5.41) is 16.7. The van der Waals surface area contributed by atoms with Gasteiger partial charge in [0.1, 0.15) is 0 Å². The summed E-state index contributed by atoms with van der Waals surface area (Å²) in [6.45, 7) is 3.62.